The van der Waals surface area contributed by atoms with Gasteiger partial charge in [-0.2, -0.15) is 13.2 Å². The van der Waals surface area contributed by atoms with Gasteiger partial charge in [0, 0.05) is 25.3 Å². The first kappa shape index (κ1) is 35.3. The van der Waals surface area contributed by atoms with Gasteiger partial charge in [0.25, 0.3) is 5.91 Å². The van der Waals surface area contributed by atoms with Crippen molar-refractivity contribution < 1.29 is 45.9 Å². The fourth-order valence-electron chi connectivity index (χ4n) is 5.72. The monoisotopic (exact) mass is 686 g/mol. The van der Waals surface area contributed by atoms with Gasteiger partial charge in [-0.05, 0) is 100 Å². The van der Waals surface area contributed by atoms with Crippen LogP contribution in [0.15, 0.2) is 60.7 Å². The first-order valence-electron chi connectivity index (χ1n) is 15.4. The average molecular weight is 687 g/mol. The fraction of sp³-hybridized carbons (Fsp3) is 0.371. The average Bonchev–Trinajstić information content (AvgIpc) is 3.16. The van der Waals surface area contributed by atoms with E-state index in [-0.39, 0.29) is 38.5 Å². The van der Waals surface area contributed by atoms with Gasteiger partial charge in [0.1, 0.15) is 29.3 Å². The molecule has 0 N–H and O–H groups in total. The van der Waals surface area contributed by atoms with Crippen molar-refractivity contribution in [2.75, 3.05) is 29.4 Å². The van der Waals surface area contributed by atoms with E-state index in [4.69, 9.17) is 4.74 Å². The van der Waals surface area contributed by atoms with Crippen LogP contribution < -0.4 is 9.80 Å². The number of hydrogen-bond donors (Lipinski definition) is 0. The van der Waals surface area contributed by atoms with E-state index in [1.165, 1.54) is 41.8 Å². The van der Waals surface area contributed by atoms with Crippen LogP contribution in [0.5, 0.6) is 0 Å². The third-order valence-corrected chi connectivity index (χ3v) is 8.35. The fourth-order valence-corrected chi connectivity index (χ4v) is 5.72. The Kier molecular flexibility index (Phi) is 9.21. The van der Waals surface area contributed by atoms with E-state index in [2.05, 4.69) is 0 Å². The number of ether oxygens (including phenoxy) is 1. The lowest BCUT2D eigenvalue weighted by Gasteiger charge is -2.35. The number of carbonyl (C=O) groups is 4. The molecule has 260 valence electrons. The van der Waals surface area contributed by atoms with Crippen LogP contribution in [0.1, 0.15) is 56.9 Å². The van der Waals surface area contributed by atoms with Crippen molar-refractivity contribution in [3.63, 3.8) is 0 Å². The molecule has 3 aromatic rings. The Balaban J connectivity index is 1.32. The molecule has 0 aliphatic carbocycles. The minimum atomic E-state index is -5.05. The lowest BCUT2D eigenvalue weighted by Crippen LogP contribution is -2.53. The van der Waals surface area contributed by atoms with E-state index < -0.39 is 58.2 Å². The molecule has 9 nitrogen and oxygen atoms in total. The molecule has 2 saturated heterocycles. The molecule has 3 aromatic carbocycles. The number of anilines is 2. The minimum Gasteiger partial charge on any atom is -0.444 e. The summed E-state index contributed by atoms with van der Waals surface area (Å²) in [6, 6.07) is 12.0. The quantitative estimate of drug-likeness (QED) is 0.208. The maximum atomic E-state index is 14.5. The van der Waals surface area contributed by atoms with Crippen molar-refractivity contribution >= 4 is 35.3 Å². The van der Waals surface area contributed by atoms with Gasteiger partial charge in [0.2, 0.25) is 5.91 Å². The molecule has 49 heavy (non-hydrogen) atoms. The van der Waals surface area contributed by atoms with Crippen LogP contribution >= 0.6 is 0 Å². The normalized spacial score (nSPS) is 16.9. The molecule has 2 aliphatic rings. The lowest BCUT2D eigenvalue weighted by atomic mass is 9.97. The Bertz CT molecular complexity index is 1800. The summed E-state index contributed by atoms with van der Waals surface area (Å²) in [4.78, 5) is 56.9. The SMILES string of the molecule is CC(C)(C)OC(=O)N1CCN(c2ccc(Cc3cc(F)ccc3CN3C(=O)N(c4ccc(F)c(C(F)(F)F)c4)C(=O)C3(C)C)cc2)C(=O)C1. The summed E-state index contributed by atoms with van der Waals surface area (Å²) < 4.78 is 74.0. The molecule has 2 aliphatic heterocycles. The molecule has 5 amide bonds. The van der Waals surface area contributed by atoms with E-state index in [0.29, 0.717) is 33.8 Å². The lowest BCUT2D eigenvalue weighted by molar-refractivity contribution is -0.140. The maximum absolute atomic E-state index is 14.5. The van der Waals surface area contributed by atoms with Crippen LogP contribution in [0, 0.1) is 11.6 Å². The summed E-state index contributed by atoms with van der Waals surface area (Å²) in [5, 5.41) is 0. The highest BCUT2D eigenvalue weighted by molar-refractivity contribution is 6.23. The molecule has 0 aromatic heterocycles. The highest BCUT2D eigenvalue weighted by Gasteiger charge is 2.52. The standard InChI is InChI=1S/C35H35F5N4O5/c1-33(2,3)49-32(48)41-14-15-42(29(45)20-41)25-10-6-21(7-11-25)16-23-17-24(36)9-8-22(23)19-43-31(47)44(30(46)34(43,4)5)26-12-13-28(37)27(18-26)35(38,39)40/h6-13,17-18H,14-16,19-20H2,1-5H3. The van der Waals surface area contributed by atoms with E-state index in [1.54, 1.807) is 49.9 Å². The Hall–Kier alpha value is -5.01. The number of rotatable bonds is 6. The summed E-state index contributed by atoms with van der Waals surface area (Å²) >= 11 is 0. The molecule has 2 fully saturated rings. The van der Waals surface area contributed by atoms with Crippen molar-refractivity contribution in [1.29, 1.82) is 0 Å². The highest BCUT2D eigenvalue weighted by atomic mass is 19.4. The summed E-state index contributed by atoms with van der Waals surface area (Å²) in [5.41, 5.74) is -1.90. The molecule has 0 spiro atoms. The second-order valence-corrected chi connectivity index (χ2v) is 13.4. The van der Waals surface area contributed by atoms with E-state index >= 15 is 0 Å². The Morgan fingerprint density at radius 1 is 0.857 bits per heavy atom. The number of imide groups is 1. The predicted octanol–water partition coefficient (Wildman–Crippen LogP) is 6.91. The zero-order chi connectivity index (χ0) is 36.1. The summed E-state index contributed by atoms with van der Waals surface area (Å²) in [5.74, 6) is -3.17. The van der Waals surface area contributed by atoms with Gasteiger partial charge < -0.3 is 14.5 Å². The summed E-state index contributed by atoms with van der Waals surface area (Å²) in [6.07, 6.45) is -5.40. The van der Waals surface area contributed by atoms with Crippen molar-refractivity contribution in [3.05, 3.63) is 94.6 Å². The largest absolute Gasteiger partial charge is 0.444 e. The van der Waals surface area contributed by atoms with Crippen molar-refractivity contribution in [2.45, 2.75) is 64.9 Å². The number of halogens is 5. The van der Waals surface area contributed by atoms with Gasteiger partial charge >= 0.3 is 18.3 Å². The Labute approximate surface area is 279 Å². The first-order chi connectivity index (χ1) is 22.8. The van der Waals surface area contributed by atoms with Gasteiger partial charge in [0.15, 0.2) is 0 Å². The summed E-state index contributed by atoms with van der Waals surface area (Å²) in [6.45, 7) is 8.34. The van der Waals surface area contributed by atoms with E-state index in [9.17, 15) is 41.1 Å². The van der Waals surface area contributed by atoms with Gasteiger partial charge in [-0.1, -0.05) is 18.2 Å². The highest BCUT2D eigenvalue weighted by Crippen LogP contribution is 2.38. The zero-order valence-corrected chi connectivity index (χ0v) is 27.5. The number of nitrogens with zero attached hydrogens (tertiary/aromatic N) is 4. The number of alkyl halides is 3. The number of benzene rings is 3. The Morgan fingerprint density at radius 3 is 2.12 bits per heavy atom. The number of hydrogen-bond acceptors (Lipinski definition) is 5. The van der Waals surface area contributed by atoms with E-state index in [0.717, 1.165) is 11.6 Å². The minimum absolute atomic E-state index is 0.139. The third-order valence-electron chi connectivity index (χ3n) is 8.35. The molecule has 2 heterocycles. The smallest absolute Gasteiger partial charge is 0.419 e. The molecular formula is C35H35F5N4O5. The second-order valence-electron chi connectivity index (χ2n) is 13.4. The summed E-state index contributed by atoms with van der Waals surface area (Å²) in [7, 11) is 0. The maximum Gasteiger partial charge on any atom is 0.419 e. The Morgan fingerprint density at radius 2 is 1.51 bits per heavy atom. The van der Waals surface area contributed by atoms with Crippen LogP contribution in [-0.2, 0) is 33.5 Å². The van der Waals surface area contributed by atoms with Crippen LogP contribution in [0.3, 0.4) is 0 Å². The molecule has 0 saturated carbocycles. The van der Waals surface area contributed by atoms with Crippen molar-refractivity contribution in [1.82, 2.24) is 9.80 Å². The van der Waals surface area contributed by atoms with Gasteiger partial charge in [-0.3, -0.25) is 14.5 Å². The number of amides is 5. The van der Waals surface area contributed by atoms with Gasteiger partial charge in [-0.25, -0.2) is 23.3 Å². The van der Waals surface area contributed by atoms with Crippen LogP contribution in [-0.4, -0.2) is 64.5 Å². The second kappa shape index (κ2) is 12.8. The molecule has 0 unspecified atom stereocenters. The van der Waals surface area contributed by atoms with Crippen molar-refractivity contribution in [3.8, 4) is 0 Å². The number of piperazine rings is 1. The molecule has 0 radical (unpaired) electrons. The molecule has 0 bridgehead atoms. The van der Waals surface area contributed by atoms with Crippen LogP contribution in [0.25, 0.3) is 0 Å². The number of carbonyl (C=O) groups excluding carboxylic acids is 4. The molecular weight excluding hydrogens is 651 g/mol. The predicted molar refractivity (Wildman–Crippen MR) is 170 cm³/mol. The molecule has 14 heteroatoms. The first-order valence-corrected chi connectivity index (χ1v) is 15.4. The van der Waals surface area contributed by atoms with Crippen molar-refractivity contribution in [2.24, 2.45) is 0 Å². The van der Waals surface area contributed by atoms with E-state index in [1.807, 2.05) is 0 Å². The molecule has 0 atom stereocenters. The van der Waals surface area contributed by atoms with Gasteiger partial charge in [-0.15, -0.1) is 0 Å². The topological polar surface area (TPSA) is 90.5 Å². The third kappa shape index (κ3) is 7.37. The number of urea groups is 1. The molecule has 5 rings (SSSR count). The van der Waals surface area contributed by atoms with Gasteiger partial charge in [0.05, 0.1) is 11.3 Å². The van der Waals surface area contributed by atoms with Crippen LogP contribution in [0.2, 0.25) is 0 Å². The zero-order valence-electron chi connectivity index (χ0n) is 27.5. The van der Waals surface area contributed by atoms with Crippen LogP contribution in [0.4, 0.5) is 42.9 Å².